The minimum absolute atomic E-state index is 0.178. The molecule has 0 atom stereocenters. The predicted molar refractivity (Wildman–Crippen MR) is 164 cm³/mol. The minimum Gasteiger partial charge on any atom is -0.376 e. The largest absolute Gasteiger partial charge is 0.376 e. The Morgan fingerprint density at radius 2 is 1.29 bits per heavy atom. The summed E-state index contributed by atoms with van der Waals surface area (Å²) in [5.41, 5.74) is 2.96. The highest BCUT2D eigenvalue weighted by Crippen LogP contribution is 2.36. The second-order valence-electron chi connectivity index (χ2n) is 11.7. The van der Waals surface area contributed by atoms with E-state index in [2.05, 4.69) is 51.6 Å². The van der Waals surface area contributed by atoms with E-state index in [9.17, 15) is 0 Å². The zero-order valence-corrected chi connectivity index (χ0v) is 25.6. The molecule has 0 aromatic heterocycles. The number of rotatable bonds is 21. The molecule has 1 fully saturated rings. The molecule has 0 bridgehead atoms. The lowest BCUT2D eigenvalue weighted by atomic mass is 9.91. The van der Waals surface area contributed by atoms with E-state index in [1.165, 1.54) is 0 Å². The van der Waals surface area contributed by atoms with Gasteiger partial charge in [0.2, 0.25) is 0 Å². The second-order valence-corrected chi connectivity index (χ2v) is 11.7. The van der Waals surface area contributed by atoms with E-state index in [1.807, 2.05) is 36.4 Å². The van der Waals surface area contributed by atoms with Gasteiger partial charge in [-0.2, -0.15) is 0 Å². The molecule has 0 N–H and O–H groups in total. The fourth-order valence-electron chi connectivity index (χ4n) is 4.71. The average Bonchev–Trinajstić information content (AvgIpc) is 3.00. The van der Waals surface area contributed by atoms with Crippen LogP contribution >= 0.6 is 0 Å². The van der Waals surface area contributed by atoms with Crippen LogP contribution in [0.4, 0.5) is 0 Å². The van der Waals surface area contributed by atoms with Crippen molar-refractivity contribution >= 4 is 0 Å². The Morgan fingerprint density at radius 1 is 0.780 bits per heavy atom. The van der Waals surface area contributed by atoms with Gasteiger partial charge in [0.25, 0.3) is 0 Å². The van der Waals surface area contributed by atoms with Gasteiger partial charge in [-0.05, 0) is 29.5 Å². The first-order chi connectivity index (χ1) is 20.0. The summed E-state index contributed by atoms with van der Waals surface area (Å²) in [5, 5.41) is 0. The molecule has 1 saturated heterocycles. The highest BCUT2D eigenvalue weighted by Gasteiger charge is 2.41. The zero-order valence-electron chi connectivity index (χ0n) is 25.6. The van der Waals surface area contributed by atoms with Gasteiger partial charge in [-0.15, -0.1) is 0 Å². The topological polar surface area (TPSA) is 55.4 Å². The van der Waals surface area contributed by atoms with Gasteiger partial charge in [-0.25, -0.2) is 0 Å². The lowest BCUT2D eigenvalue weighted by Gasteiger charge is -2.45. The van der Waals surface area contributed by atoms with E-state index in [0.717, 1.165) is 55.2 Å². The highest BCUT2D eigenvalue weighted by atomic mass is 16.7. The van der Waals surface area contributed by atoms with Crippen LogP contribution in [-0.4, -0.2) is 58.1 Å². The molecule has 1 aliphatic heterocycles. The molecule has 0 spiro atoms. The molecule has 0 radical (unpaired) electrons. The molecule has 41 heavy (non-hydrogen) atoms. The molecule has 6 nitrogen and oxygen atoms in total. The molecule has 0 unspecified atom stereocenters. The third-order valence-electron chi connectivity index (χ3n) is 7.30. The van der Waals surface area contributed by atoms with Crippen molar-refractivity contribution in [2.75, 3.05) is 46.2 Å². The quantitative estimate of drug-likeness (QED) is 0.145. The van der Waals surface area contributed by atoms with Crippen LogP contribution < -0.4 is 0 Å². The monoisotopic (exact) mass is 568 g/mol. The summed E-state index contributed by atoms with van der Waals surface area (Å²) in [7, 11) is 0. The van der Waals surface area contributed by atoms with Crippen LogP contribution in [0.5, 0.6) is 0 Å². The van der Waals surface area contributed by atoms with E-state index < -0.39 is 5.79 Å². The van der Waals surface area contributed by atoms with Crippen molar-refractivity contribution < 1.29 is 28.4 Å². The summed E-state index contributed by atoms with van der Waals surface area (Å²) in [6.45, 7) is 15.3. The fourth-order valence-corrected chi connectivity index (χ4v) is 4.71. The summed E-state index contributed by atoms with van der Waals surface area (Å²) >= 11 is 0. The summed E-state index contributed by atoms with van der Waals surface area (Å²) in [6, 6.07) is 20.3. The molecular weight excluding hydrogens is 516 g/mol. The Labute approximate surface area is 248 Å². The third kappa shape index (κ3) is 12.8. The van der Waals surface area contributed by atoms with Crippen LogP contribution in [0.2, 0.25) is 0 Å². The van der Waals surface area contributed by atoms with E-state index >= 15 is 0 Å². The van der Waals surface area contributed by atoms with Crippen molar-refractivity contribution in [3.8, 4) is 0 Å². The van der Waals surface area contributed by atoms with Gasteiger partial charge >= 0.3 is 0 Å². The minimum atomic E-state index is -0.427. The van der Waals surface area contributed by atoms with Gasteiger partial charge in [0, 0.05) is 18.3 Å². The molecule has 0 aliphatic carbocycles. The number of ether oxygens (including phenoxy) is 6. The SMILES string of the molecule is C=C(COCC1(C)COC(CCCC)(CCCC)OC1)COC(COCc1ccccc1)COCc1ccccc1. The Hall–Kier alpha value is -2.06. The van der Waals surface area contributed by atoms with E-state index in [4.69, 9.17) is 28.4 Å². The first-order valence-corrected chi connectivity index (χ1v) is 15.3. The first kappa shape index (κ1) is 33.4. The van der Waals surface area contributed by atoms with Crippen molar-refractivity contribution in [3.05, 3.63) is 83.9 Å². The van der Waals surface area contributed by atoms with Gasteiger partial charge < -0.3 is 28.4 Å². The number of benzene rings is 2. The maximum Gasteiger partial charge on any atom is 0.168 e. The molecule has 1 aliphatic rings. The van der Waals surface area contributed by atoms with Crippen molar-refractivity contribution in [2.45, 2.75) is 84.4 Å². The molecule has 228 valence electrons. The van der Waals surface area contributed by atoms with E-state index in [0.29, 0.717) is 59.5 Å². The first-order valence-electron chi connectivity index (χ1n) is 15.3. The van der Waals surface area contributed by atoms with Gasteiger partial charge in [-0.1, -0.05) is 101 Å². The van der Waals surface area contributed by atoms with Gasteiger partial charge in [0.15, 0.2) is 5.79 Å². The Kier molecular flexibility index (Phi) is 15.1. The standard InChI is InChI=1S/C35H52O6/c1-5-7-19-35(20-8-6-2)40-28-34(4,29-41-35)27-38-21-30(3)22-39-33(25-36-23-31-15-11-9-12-16-31)26-37-24-32-17-13-10-14-18-32/h9-18,33H,3,5-8,19-29H2,1-2,4H3. The van der Waals surface area contributed by atoms with Crippen molar-refractivity contribution in [1.82, 2.24) is 0 Å². The van der Waals surface area contributed by atoms with Crippen molar-refractivity contribution in [2.24, 2.45) is 5.41 Å². The zero-order chi connectivity index (χ0) is 29.2. The molecule has 3 rings (SSSR count). The molecule has 2 aromatic carbocycles. The number of hydrogen-bond donors (Lipinski definition) is 0. The maximum absolute atomic E-state index is 6.38. The van der Waals surface area contributed by atoms with Crippen LogP contribution in [0.25, 0.3) is 0 Å². The summed E-state index contributed by atoms with van der Waals surface area (Å²) in [5.74, 6) is -0.427. The third-order valence-corrected chi connectivity index (χ3v) is 7.30. The predicted octanol–water partition coefficient (Wildman–Crippen LogP) is 7.51. The van der Waals surface area contributed by atoms with Crippen LogP contribution in [0.3, 0.4) is 0 Å². The van der Waals surface area contributed by atoms with E-state index in [-0.39, 0.29) is 11.5 Å². The summed E-state index contributed by atoms with van der Waals surface area (Å²) in [4.78, 5) is 0. The molecule has 0 saturated carbocycles. The molecule has 2 aromatic rings. The second kappa shape index (κ2) is 18.5. The molecule has 1 heterocycles. The molecular formula is C35H52O6. The summed E-state index contributed by atoms with van der Waals surface area (Å²) < 4.78 is 36.9. The summed E-state index contributed by atoms with van der Waals surface area (Å²) in [6.07, 6.45) is 6.23. The van der Waals surface area contributed by atoms with Crippen LogP contribution in [0, 0.1) is 5.41 Å². The highest BCUT2D eigenvalue weighted by molar-refractivity contribution is 5.14. The smallest absolute Gasteiger partial charge is 0.168 e. The average molecular weight is 569 g/mol. The number of hydrogen-bond acceptors (Lipinski definition) is 6. The Balaban J connectivity index is 1.40. The maximum atomic E-state index is 6.38. The lowest BCUT2D eigenvalue weighted by Crippen LogP contribution is -2.50. The lowest BCUT2D eigenvalue weighted by molar-refractivity contribution is -0.312. The van der Waals surface area contributed by atoms with Gasteiger partial charge in [0.05, 0.1) is 59.5 Å². The Morgan fingerprint density at radius 3 is 1.78 bits per heavy atom. The number of unbranched alkanes of at least 4 members (excludes halogenated alkanes) is 2. The van der Waals surface area contributed by atoms with E-state index in [1.54, 1.807) is 0 Å². The molecule has 0 amide bonds. The van der Waals surface area contributed by atoms with Crippen LogP contribution in [-0.2, 0) is 41.6 Å². The van der Waals surface area contributed by atoms with Crippen LogP contribution in [0.1, 0.15) is 70.4 Å². The van der Waals surface area contributed by atoms with Crippen LogP contribution in [0.15, 0.2) is 72.8 Å². The molecule has 6 heteroatoms. The van der Waals surface area contributed by atoms with Gasteiger partial charge in [0.1, 0.15) is 6.10 Å². The fraction of sp³-hybridized carbons (Fsp3) is 0.600. The van der Waals surface area contributed by atoms with Gasteiger partial charge in [-0.3, -0.25) is 0 Å². The normalized spacial score (nSPS) is 16.2. The van der Waals surface area contributed by atoms with Crippen molar-refractivity contribution in [3.63, 3.8) is 0 Å². The Bertz CT molecular complexity index is 900. The van der Waals surface area contributed by atoms with Crippen molar-refractivity contribution in [1.29, 1.82) is 0 Å².